The van der Waals surface area contributed by atoms with Crippen molar-refractivity contribution in [2.24, 2.45) is 0 Å². The van der Waals surface area contributed by atoms with Crippen molar-refractivity contribution < 1.29 is 4.79 Å². The second-order valence-electron chi connectivity index (χ2n) is 11.8. The lowest BCUT2D eigenvalue weighted by molar-refractivity contribution is 0.0954. The maximum atomic E-state index is 13.4. The van der Waals surface area contributed by atoms with Gasteiger partial charge >= 0.3 is 0 Å². The quantitative estimate of drug-likeness (QED) is 0.236. The third kappa shape index (κ3) is 7.21. The molecule has 1 atom stereocenters. The molecule has 3 aromatic rings. The topological polar surface area (TPSA) is 62.9 Å². The van der Waals surface area contributed by atoms with Gasteiger partial charge in [0.15, 0.2) is 0 Å². The maximum absolute atomic E-state index is 13.4. The second-order valence-corrected chi connectivity index (χ2v) is 11.8. The van der Waals surface area contributed by atoms with Gasteiger partial charge in [-0.15, -0.1) is 0 Å². The van der Waals surface area contributed by atoms with Gasteiger partial charge in [-0.25, -0.2) is 0 Å². The molecule has 3 N–H and O–H groups in total. The van der Waals surface area contributed by atoms with Crippen LogP contribution in [-0.2, 0) is 12.8 Å². The summed E-state index contributed by atoms with van der Waals surface area (Å²) in [5, 5.41) is 10.1. The molecule has 0 saturated carbocycles. The number of hydrogen-bond donors (Lipinski definition) is 3. The van der Waals surface area contributed by atoms with E-state index in [9.17, 15) is 4.79 Å². The van der Waals surface area contributed by atoms with Gasteiger partial charge in [0, 0.05) is 69.0 Å². The number of amides is 1. The summed E-state index contributed by atoms with van der Waals surface area (Å²) in [5.41, 5.74) is 10.0. The van der Waals surface area contributed by atoms with Gasteiger partial charge in [0.25, 0.3) is 5.91 Å². The fourth-order valence-electron chi connectivity index (χ4n) is 6.13. The molecule has 0 bridgehead atoms. The van der Waals surface area contributed by atoms with E-state index in [0.717, 1.165) is 69.1 Å². The summed E-state index contributed by atoms with van der Waals surface area (Å²) in [6.45, 7) is 16.1. The highest BCUT2D eigenvalue weighted by atomic mass is 16.1. The van der Waals surface area contributed by atoms with Crippen molar-refractivity contribution >= 4 is 28.7 Å². The minimum atomic E-state index is -0.0636. The zero-order chi connectivity index (χ0) is 31.1. The lowest BCUT2D eigenvalue weighted by Gasteiger charge is -2.39. The van der Waals surface area contributed by atoms with Crippen molar-refractivity contribution in [2.45, 2.75) is 46.1 Å². The zero-order valence-corrected chi connectivity index (χ0v) is 26.8. The monoisotopic (exact) mass is 592 g/mol. The predicted molar refractivity (Wildman–Crippen MR) is 186 cm³/mol. The Morgan fingerprint density at radius 1 is 1.00 bits per heavy atom. The summed E-state index contributed by atoms with van der Waals surface area (Å²) in [4.78, 5) is 20.5. The van der Waals surface area contributed by atoms with E-state index in [1.807, 2.05) is 18.3 Å². The average molecular weight is 593 g/mol. The first-order chi connectivity index (χ1) is 21.4. The summed E-state index contributed by atoms with van der Waals surface area (Å²) in [6.07, 6.45) is 6.78. The molecule has 7 heteroatoms. The van der Waals surface area contributed by atoms with Crippen molar-refractivity contribution in [1.82, 2.24) is 10.6 Å². The van der Waals surface area contributed by atoms with E-state index in [2.05, 4.69) is 120 Å². The number of para-hydroxylation sites is 1. The van der Waals surface area contributed by atoms with Crippen molar-refractivity contribution in [1.29, 1.82) is 0 Å². The van der Waals surface area contributed by atoms with Crippen LogP contribution in [0.3, 0.4) is 0 Å². The van der Waals surface area contributed by atoms with Gasteiger partial charge in [-0.1, -0.05) is 49.9 Å². The summed E-state index contributed by atoms with van der Waals surface area (Å²) in [7, 11) is 2.13. The van der Waals surface area contributed by atoms with Gasteiger partial charge in [0.05, 0.1) is 17.4 Å². The SMILES string of the molecule is C=C(Nc1cc(C(=O)NCCc2ccc(CC)c(N(C)CC)c2)ccc1N1CCN(c2ccccc2C)CC1)C1CC=CN1. The first kappa shape index (κ1) is 31.0. The zero-order valence-electron chi connectivity index (χ0n) is 26.8. The van der Waals surface area contributed by atoms with Crippen LogP contribution in [0.2, 0.25) is 0 Å². The molecule has 232 valence electrons. The maximum Gasteiger partial charge on any atom is 0.251 e. The van der Waals surface area contributed by atoms with Gasteiger partial charge in [-0.05, 0) is 86.3 Å². The number of anilines is 4. The van der Waals surface area contributed by atoms with Crippen molar-refractivity contribution in [3.8, 4) is 0 Å². The highest BCUT2D eigenvalue weighted by Crippen LogP contribution is 2.32. The Labute approximate surface area is 263 Å². The Hall–Kier alpha value is -4.39. The first-order valence-electron chi connectivity index (χ1n) is 16.1. The summed E-state index contributed by atoms with van der Waals surface area (Å²) < 4.78 is 0. The van der Waals surface area contributed by atoms with E-state index in [4.69, 9.17) is 0 Å². The molecule has 1 saturated heterocycles. The smallest absolute Gasteiger partial charge is 0.251 e. The number of rotatable bonds is 12. The molecule has 0 aromatic heterocycles. The summed E-state index contributed by atoms with van der Waals surface area (Å²) >= 11 is 0. The van der Waals surface area contributed by atoms with Crippen LogP contribution < -0.4 is 30.7 Å². The van der Waals surface area contributed by atoms with E-state index in [1.54, 1.807) is 0 Å². The number of nitrogens with one attached hydrogen (secondary N) is 3. The van der Waals surface area contributed by atoms with Crippen LogP contribution in [0.4, 0.5) is 22.7 Å². The molecule has 1 fully saturated rings. The Morgan fingerprint density at radius 2 is 1.75 bits per heavy atom. The molecule has 2 aliphatic rings. The highest BCUT2D eigenvalue weighted by molar-refractivity contribution is 5.96. The van der Waals surface area contributed by atoms with Crippen LogP contribution in [0.25, 0.3) is 0 Å². The number of benzene rings is 3. The van der Waals surface area contributed by atoms with Crippen molar-refractivity contribution in [3.63, 3.8) is 0 Å². The highest BCUT2D eigenvalue weighted by Gasteiger charge is 2.23. The first-order valence-corrected chi connectivity index (χ1v) is 16.1. The summed E-state index contributed by atoms with van der Waals surface area (Å²) in [6, 6.07) is 21.4. The van der Waals surface area contributed by atoms with Crippen LogP contribution in [-0.4, -0.2) is 58.3 Å². The number of nitrogens with zero attached hydrogens (tertiary/aromatic N) is 3. The molecule has 2 aliphatic heterocycles. The number of hydrogen-bond acceptors (Lipinski definition) is 6. The fourth-order valence-corrected chi connectivity index (χ4v) is 6.13. The number of piperazine rings is 1. The lowest BCUT2D eigenvalue weighted by Crippen LogP contribution is -2.47. The minimum Gasteiger partial charge on any atom is -0.383 e. The van der Waals surface area contributed by atoms with Crippen LogP contribution in [0, 0.1) is 6.92 Å². The molecule has 0 aliphatic carbocycles. The predicted octanol–water partition coefficient (Wildman–Crippen LogP) is 6.11. The average Bonchev–Trinajstić information content (AvgIpc) is 3.60. The second kappa shape index (κ2) is 14.4. The molecular weight excluding hydrogens is 544 g/mol. The molecule has 5 rings (SSSR count). The van der Waals surface area contributed by atoms with Crippen molar-refractivity contribution in [3.05, 3.63) is 107 Å². The molecule has 1 amide bonds. The summed E-state index contributed by atoms with van der Waals surface area (Å²) in [5.74, 6) is -0.0636. The van der Waals surface area contributed by atoms with Gasteiger partial charge in [0.2, 0.25) is 0 Å². The van der Waals surface area contributed by atoms with E-state index in [0.29, 0.717) is 12.1 Å². The Balaban J connectivity index is 1.28. The number of carbonyl (C=O) groups excluding carboxylic acids is 1. The third-order valence-corrected chi connectivity index (χ3v) is 8.95. The number of carbonyl (C=O) groups is 1. The van der Waals surface area contributed by atoms with Crippen LogP contribution >= 0.6 is 0 Å². The molecule has 0 radical (unpaired) electrons. The normalized spacial score (nSPS) is 16.0. The minimum absolute atomic E-state index is 0.0636. The van der Waals surface area contributed by atoms with E-state index in [-0.39, 0.29) is 11.9 Å². The largest absolute Gasteiger partial charge is 0.383 e. The van der Waals surface area contributed by atoms with Gasteiger partial charge in [0.1, 0.15) is 0 Å². The Morgan fingerprint density at radius 3 is 2.43 bits per heavy atom. The van der Waals surface area contributed by atoms with E-state index < -0.39 is 0 Å². The molecule has 2 heterocycles. The lowest BCUT2D eigenvalue weighted by atomic mass is 10.0. The van der Waals surface area contributed by atoms with Crippen molar-refractivity contribution in [2.75, 3.05) is 66.3 Å². The van der Waals surface area contributed by atoms with Crippen LogP contribution in [0.15, 0.2) is 85.2 Å². The van der Waals surface area contributed by atoms with Gasteiger partial charge in [-0.3, -0.25) is 4.79 Å². The fraction of sp³-hybridized carbons (Fsp3) is 0.378. The third-order valence-electron chi connectivity index (χ3n) is 8.95. The molecule has 0 spiro atoms. The van der Waals surface area contributed by atoms with E-state index >= 15 is 0 Å². The van der Waals surface area contributed by atoms with Crippen LogP contribution in [0.1, 0.15) is 47.3 Å². The Kier molecular flexibility index (Phi) is 10.2. The van der Waals surface area contributed by atoms with E-state index in [1.165, 1.54) is 28.1 Å². The standard InChI is InChI=1S/C37H48N6O/c1-6-30-15-14-29(25-36(30)41(5)7-2)18-20-39-37(44)31-16-17-35(33(26-31)40-28(4)32-12-10-19-38-32)43-23-21-42(22-24-43)34-13-9-8-11-27(34)3/h8-11,13-17,19,25-26,32,38,40H,4,6-7,12,18,20-24H2,1-3,5H3,(H,39,44). The van der Waals surface area contributed by atoms with Crippen LogP contribution in [0.5, 0.6) is 0 Å². The molecule has 44 heavy (non-hydrogen) atoms. The molecule has 1 unspecified atom stereocenters. The Bertz CT molecular complexity index is 1480. The number of aryl methyl sites for hydroxylation is 2. The molecular formula is C37H48N6O. The molecule has 7 nitrogen and oxygen atoms in total. The molecule has 3 aromatic carbocycles. The van der Waals surface area contributed by atoms with Gasteiger partial charge < -0.3 is 30.7 Å². The van der Waals surface area contributed by atoms with Gasteiger partial charge in [-0.2, -0.15) is 0 Å².